The number of H-pyrrole nitrogens is 1. The summed E-state index contributed by atoms with van der Waals surface area (Å²) in [7, 11) is -1.88. The molecule has 2 unspecified atom stereocenters. The van der Waals surface area contributed by atoms with E-state index >= 15 is 0 Å². The number of carbonyl (C=O) groups excluding carboxylic acids is 2. The van der Waals surface area contributed by atoms with Crippen LogP contribution in [0, 0.1) is 24.0 Å². The molecule has 2 saturated heterocycles. The van der Waals surface area contributed by atoms with Crippen LogP contribution in [0.1, 0.15) is 40.2 Å². The number of amides is 2. The van der Waals surface area contributed by atoms with E-state index in [0.29, 0.717) is 46.9 Å². The summed E-state index contributed by atoms with van der Waals surface area (Å²) in [6.45, 7) is 6.65. The molecule has 2 fully saturated rings. The monoisotopic (exact) mass is 647 g/mol. The van der Waals surface area contributed by atoms with E-state index < -0.39 is 50.1 Å². The smallest absolute Gasteiger partial charge is 0.331 e. The van der Waals surface area contributed by atoms with Gasteiger partial charge in [-0.3, -0.25) is 19.7 Å². The number of piperazine rings is 1. The molecule has 0 aromatic carbocycles. The van der Waals surface area contributed by atoms with Gasteiger partial charge in [0.25, 0.3) is 11.8 Å². The first kappa shape index (κ1) is 32.9. The number of nitrogens with zero attached hydrogens (tertiary/aromatic N) is 2. The van der Waals surface area contributed by atoms with Gasteiger partial charge in [-0.25, -0.2) is 13.2 Å². The topological polar surface area (TPSA) is 184 Å². The van der Waals surface area contributed by atoms with Crippen LogP contribution >= 0.6 is 0 Å². The number of allylic oxidation sites excluding steroid dienone is 4. The molecular weight excluding hydrogens is 614 g/mol. The maximum atomic E-state index is 13.5. The van der Waals surface area contributed by atoms with Gasteiger partial charge < -0.3 is 37.6 Å². The normalized spacial score (nSPS) is 23.1. The predicted octanol–water partition coefficient (Wildman–Crippen LogP) is -2.90. The van der Waals surface area contributed by atoms with Gasteiger partial charge in [-0.1, -0.05) is 24.3 Å². The maximum Gasteiger partial charge on any atom is 0.331 e. The number of fused-ring (bicyclic) bond motifs is 1. The fourth-order valence-corrected chi connectivity index (χ4v) is 7.66. The van der Waals surface area contributed by atoms with E-state index in [1.807, 2.05) is 11.8 Å². The Morgan fingerprint density at radius 2 is 1.91 bits per heavy atom. The minimum atomic E-state index is -3.97. The van der Waals surface area contributed by atoms with Gasteiger partial charge in [-0.2, -0.15) is 0 Å². The molecule has 1 aromatic heterocycles. The lowest BCUT2D eigenvalue weighted by atomic mass is 9.95. The van der Waals surface area contributed by atoms with Crippen molar-refractivity contribution >= 4 is 33.7 Å². The molecule has 0 saturated carbocycles. The number of carboxylic acid groups (broad SMARTS) is 1. The SMILES string of the molecule is Cc1[nH]c(C=C2C(=O)NC3=CCC(S(=O)(=O)CC4=CC=C(C(=O)O)CC4[N+](=O)[O-])C=C32)c(C)c1C(=O)N1CC[NH+](C)CC1.[Cl-]. The molecule has 1 aromatic rings. The first-order valence-electron chi connectivity index (χ1n) is 14.0. The predicted molar refractivity (Wildman–Crippen MR) is 156 cm³/mol. The Morgan fingerprint density at radius 1 is 1.23 bits per heavy atom. The number of halogens is 1. The number of aromatic nitrogens is 1. The van der Waals surface area contributed by atoms with E-state index in [1.165, 1.54) is 23.1 Å². The largest absolute Gasteiger partial charge is 1.00 e. The number of nitrogens with one attached hydrogen (secondary N) is 3. The molecule has 3 heterocycles. The Hall–Kier alpha value is -4.01. The highest BCUT2D eigenvalue weighted by atomic mass is 35.5. The number of carbonyl (C=O) groups is 3. The van der Waals surface area contributed by atoms with Gasteiger partial charge in [0.1, 0.15) is 0 Å². The summed E-state index contributed by atoms with van der Waals surface area (Å²) in [6.07, 6.45) is 6.80. The van der Waals surface area contributed by atoms with Crippen molar-refractivity contribution in [3.63, 3.8) is 0 Å². The van der Waals surface area contributed by atoms with Crippen molar-refractivity contribution in [3.8, 4) is 0 Å². The summed E-state index contributed by atoms with van der Waals surface area (Å²) in [4.78, 5) is 55.0. The molecule has 15 heteroatoms. The third kappa shape index (κ3) is 6.28. The van der Waals surface area contributed by atoms with Crippen LogP contribution < -0.4 is 22.6 Å². The summed E-state index contributed by atoms with van der Waals surface area (Å²) in [5.41, 5.74) is 3.47. The molecule has 0 radical (unpaired) electrons. The Kier molecular flexibility index (Phi) is 9.37. The van der Waals surface area contributed by atoms with Gasteiger partial charge in [0.15, 0.2) is 9.84 Å². The lowest BCUT2D eigenvalue weighted by molar-refractivity contribution is -0.883. The fourth-order valence-electron chi connectivity index (χ4n) is 5.96. The number of hydrogen-bond donors (Lipinski definition) is 4. The molecular formula is C29H34ClN5O8S. The lowest BCUT2D eigenvalue weighted by Crippen LogP contribution is -3.12. The van der Waals surface area contributed by atoms with E-state index in [-0.39, 0.29) is 41.5 Å². The maximum absolute atomic E-state index is 13.5. The van der Waals surface area contributed by atoms with Crippen molar-refractivity contribution in [2.24, 2.45) is 0 Å². The second-order valence-corrected chi connectivity index (χ2v) is 13.7. The van der Waals surface area contributed by atoms with Crippen LogP contribution in [0.25, 0.3) is 6.08 Å². The molecule has 2 atom stereocenters. The molecule has 44 heavy (non-hydrogen) atoms. The highest BCUT2D eigenvalue weighted by Crippen LogP contribution is 2.35. The molecule has 2 aliphatic heterocycles. The molecule has 4 aliphatic rings. The number of hydrogen-bond acceptors (Lipinski definition) is 7. The first-order chi connectivity index (χ1) is 20.3. The van der Waals surface area contributed by atoms with Gasteiger partial charge >= 0.3 is 5.97 Å². The summed E-state index contributed by atoms with van der Waals surface area (Å²) in [5.74, 6) is -2.39. The number of sulfone groups is 1. The number of rotatable bonds is 7. The fraction of sp³-hybridized carbons (Fsp3) is 0.414. The summed E-state index contributed by atoms with van der Waals surface area (Å²) in [6, 6.07) is -1.46. The molecule has 5 rings (SSSR count). The summed E-state index contributed by atoms with van der Waals surface area (Å²) in [5, 5.41) is 22.6. The van der Waals surface area contributed by atoms with Crippen molar-refractivity contribution in [2.75, 3.05) is 39.0 Å². The van der Waals surface area contributed by atoms with Crippen LogP contribution in [-0.2, 0) is 19.4 Å². The zero-order valence-electron chi connectivity index (χ0n) is 24.5. The third-order valence-electron chi connectivity index (χ3n) is 8.56. The van der Waals surface area contributed by atoms with Crippen molar-refractivity contribution in [1.82, 2.24) is 15.2 Å². The molecule has 0 bridgehead atoms. The molecule has 236 valence electrons. The number of nitro groups is 1. The number of aliphatic carboxylic acids is 1. The van der Waals surface area contributed by atoms with Crippen molar-refractivity contribution in [3.05, 3.63) is 84.9 Å². The van der Waals surface area contributed by atoms with Crippen LogP contribution in [-0.4, -0.2) is 96.4 Å². The van der Waals surface area contributed by atoms with Crippen LogP contribution in [0.3, 0.4) is 0 Å². The van der Waals surface area contributed by atoms with E-state index in [2.05, 4.69) is 17.3 Å². The van der Waals surface area contributed by atoms with E-state index in [1.54, 1.807) is 19.1 Å². The van der Waals surface area contributed by atoms with Crippen LogP contribution in [0.4, 0.5) is 0 Å². The highest BCUT2D eigenvalue weighted by molar-refractivity contribution is 7.92. The quantitative estimate of drug-likeness (QED) is 0.138. The first-order valence-corrected chi connectivity index (χ1v) is 15.7. The zero-order valence-corrected chi connectivity index (χ0v) is 26.0. The highest BCUT2D eigenvalue weighted by Gasteiger charge is 2.39. The zero-order chi connectivity index (χ0) is 31.2. The number of aromatic amines is 1. The van der Waals surface area contributed by atoms with Gasteiger partial charge in [-0.05, 0) is 31.9 Å². The van der Waals surface area contributed by atoms with Gasteiger partial charge in [0.05, 0.1) is 61.8 Å². The summed E-state index contributed by atoms with van der Waals surface area (Å²) >= 11 is 0. The second kappa shape index (κ2) is 12.5. The van der Waals surface area contributed by atoms with Crippen LogP contribution in [0.15, 0.2) is 52.3 Å². The Labute approximate surface area is 260 Å². The van der Waals surface area contributed by atoms with Gasteiger partial charge in [0, 0.05) is 38.7 Å². The Morgan fingerprint density at radius 3 is 2.55 bits per heavy atom. The number of carboxylic acids is 1. The molecule has 2 amide bonds. The molecule has 13 nitrogen and oxygen atoms in total. The van der Waals surface area contributed by atoms with Crippen LogP contribution in [0.2, 0.25) is 0 Å². The van der Waals surface area contributed by atoms with E-state index in [9.17, 15) is 38.0 Å². The number of quaternary nitrogens is 1. The molecule has 4 N–H and O–H groups in total. The molecule has 2 aliphatic carbocycles. The Balaban J connectivity index is 0.00000442. The average molecular weight is 648 g/mol. The average Bonchev–Trinajstić information content (AvgIpc) is 3.41. The molecule has 0 spiro atoms. The third-order valence-corrected chi connectivity index (χ3v) is 10.5. The van der Waals surface area contributed by atoms with Crippen molar-refractivity contribution in [2.45, 2.75) is 38.0 Å². The van der Waals surface area contributed by atoms with E-state index in [4.69, 9.17) is 0 Å². The summed E-state index contributed by atoms with van der Waals surface area (Å²) < 4.78 is 26.9. The van der Waals surface area contributed by atoms with Crippen LogP contribution in [0.5, 0.6) is 0 Å². The van der Waals surface area contributed by atoms with E-state index in [0.717, 1.165) is 13.1 Å². The van der Waals surface area contributed by atoms with Crippen molar-refractivity contribution < 1.29 is 50.1 Å². The Bertz CT molecular complexity index is 1690. The minimum absolute atomic E-state index is 0. The second-order valence-electron chi connectivity index (χ2n) is 11.4. The van der Waals surface area contributed by atoms with Gasteiger partial charge in [0.2, 0.25) is 6.04 Å². The number of likely N-dealkylation sites (N-methyl/N-ethyl adjacent to an activating group) is 1. The lowest BCUT2D eigenvalue weighted by Gasteiger charge is -2.30. The number of aryl methyl sites for hydroxylation is 1. The standard InChI is InChI=1S/C29H33N5O8S.ClH/c1-16-24(30-17(2)26(16)28(36)33-10-8-32(3)9-11-33)14-22-21-13-20(6-7-23(21)31-27(22)35)43(41,42)15-19-5-4-18(29(37)38)12-25(19)34(39)40;/h4-5,7,13-14,20,25,30H,6,8-12,15H2,1-3H3,(H,31,35)(H,37,38);1H. The minimum Gasteiger partial charge on any atom is -1.00 e. The van der Waals surface area contributed by atoms with Gasteiger partial charge in [-0.15, -0.1) is 0 Å². The van der Waals surface area contributed by atoms with Crippen molar-refractivity contribution in [1.29, 1.82) is 0 Å².